The average molecular weight is 275 g/mol. The van der Waals surface area contributed by atoms with Crippen LogP contribution in [0.2, 0.25) is 0 Å². The van der Waals surface area contributed by atoms with E-state index in [2.05, 4.69) is 0 Å². The molecule has 0 saturated carbocycles. The molecule has 0 spiro atoms. The van der Waals surface area contributed by atoms with Crippen LogP contribution in [0.25, 0.3) is 0 Å². The van der Waals surface area contributed by atoms with Crippen molar-refractivity contribution in [3.63, 3.8) is 0 Å². The summed E-state index contributed by atoms with van der Waals surface area (Å²) in [6, 6.07) is 12.3. The first kappa shape index (κ1) is 14.3. The molecule has 0 bridgehead atoms. The number of ether oxygens (including phenoxy) is 2. The number of methoxy groups -OCH3 is 1. The van der Waals surface area contributed by atoms with Crippen molar-refractivity contribution in [2.75, 3.05) is 7.11 Å². The smallest absolute Gasteiger partial charge is 0.131 e. The fraction of sp³-hybridized carbons (Fsp3) is 0.250. The Morgan fingerprint density at radius 1 is 1.15 bits per heavy atom. The fourth-order valence-electron chi connectivity index (χ4n) is 1.98. The van der Waals surface area contributed by atoms with Crippen LogP contribution in [-0.4, -0.2) is 7.11 Å². The molecule has 2 aromatic carbocycles. The monoisotopic (exact) mass is 275 g/mol. The first-order valence-electron chi connectivity index (χ1n) is 6.43. The van der Waals surface area contributed by atoms with E-state index in [-0.39, 0.29) is 18.5 Å². The number of nitrogens with two attached hydrogens (primary N) is 1. The number of hydrogen-bond acceptors (Lipinski definition) is 3. The summed E-state index contributed by atoms with van der Waals surface area (Å²) in [5.41, 5.74) is 6.95. The second kappa shape index (κ2) is 6.39. The van der Waals surface area contributed by atoms with Gasteiger partial charge >= 0.3 is 0 Å². The van der Waals surface area contributed by atoms with Gasteiger partial charge in [-0.05, 0) is 36.8 Å². The minimum absolute atomic E-state index is 0.108. The Bertz CT molecular complexity index is 569. The minimum atomic E-state index is -0.341. The quantitative estimate of drug-likeness (QED) is 0.909. The fourth-order valence-corrected chi connectivity index (χ4v) is 1.98. The van der Waals surface area contributed by atoms with Crippen LogP contribution in [-0.2, 0) is 6.54 Å². The number of rotatable bonds is 5. The normalized spacial score (nSPS) is 12.0. The van der Waals surface area contributed by atoms with Crippen molar-refractivity contribution in [1.82, 2.24) is 0 Å². The van der Waals surface area contributed by atoms with Crippen molar-refractivity contribution in [3.8, 4) is 11.5 Å². The molecule has 0 aromatic heterocycles. The molecule has 0 radical (unpaired) electrons. The van der Waals surface area contributed by atoms with Crippen LogP contribution in [0.3, 0.4) is 0 Å². The highest BCUT2D eigenvalue weighted by Crippen LogP contribution is 2.27. The van der Waals surface area contributed by atoms with Gasteiger partial charge in [0.05, 0.1) is 7.11 Å². The second-order valence-corrected chi connectivity index (χ2v) is 4.45. The Morgan fingerprint density at radius 3 is 2.45 bits per heavy atom. The first-order valence-corrected chi connectivity index (χ1v) is 6.43. The predicted molar refractivity (Wildman–Crippen MR) is 76.3 cm³/mol. The van der Waals surface area contributed by atoms with Gasteiger partial charge in [-0.3, -0.25) is 0 Å². The number of hydrogen-bond donors (Lipinski definition) is 1. The van der Waals surface area contributed by atoms with Crippen LogP contribution in [0.1, 0.15) is 24.2 Å². The third-order valence-electron chi connectivity index (χ3n) is 3.17. The maximum absolute atomic E-state index is 13.6. The summed E-state index contributed by atoms with van der Waals surface area (Å²) in [4.78, 5) is 0. The van der Waals surface area contributed by atoms with Crippen molar-refractivity contribution in [2.45, 2.75) is 19.6 Å². The first-order chi connectivity index (χ1) is 9.65. The molecule has 20 heavy (non-hydrogen) atoms. The van der Waals surface area contributed by atoms with Gasteiger partial charge in [0.15, 0.2) is 0 Å². The molecule has 3 nitrogen and oxygen atoms in total. The number of benzene rings is 2. The lowest BCUT2D eigenvalue weighted by Crippen LogP contribution is -2.08. The lowest BCUT2D eigenvalue weighted by atomic mass is 10.1. The Kier molecular flexibility index (Phi) is 4.58. The van der Waals surface area contributed by atoms with Crippen molar-refractivity contribution in [1.29, 1.82) is 0 Å². The molecule has 2 aromatic rings. The van der Waals surface area contributed by atoms with Crippen LogP contribution < -0.4 is 15.2 Å². The summed E-state index contributed by atoms with van der Waals surface area (Å²) in [5, 5.41) is 0. The predicted octanol–water partition coefficient (Wildman–Crippen LogP) is 3.43. The molecule has 4 heteroatoms. The molecule has 0 aliphatic heterocycles. The highest BCUT2D eigenvalue weighted by Gasteiger charge is 2.12. The zero-order valence-electron chi connectivity index (χ0n) is 11.6. The Hall–Kier alpha value is -2.07. The van der Waals surface area contributed by atoms with E-state index in [9.17, 15) is 4.39 Å². The molecule has 0 aliphatic carbocycles. The highest BCUT2D eigenvalue weighted by molar-refractivity contribution is 5.36. The molecule has 1 atom stereocenters. The highest BCUT2D eigenvalue weighted by atomic mass is 19.1. The Labute approximate surface area is 118 Å². The summed E-state index contributed by atoms with van der Waals surface area (Å²) in [6.45, 7) is 2.02. The lowest BCUT2D eigenvalue weighted by Gasteiger charge is -2.18. The third-order valence-corrected chi connectivity index (χ3v) is 3.17. The summed E-state index contributed by atoms with van der Waals surface area (Å²) in [6.07, 6.45) is -0.201. The molecule has 2 N–H and O–H groups in total. The summed E-state index contributed by atoms with van der Waals surface area (Å²) in [5.74, 6) is 0.928. The SMILES string of the molecule is COc1ccc(C(C)Oc2cccc(F)c2CN)cc1. The molecule has 1 unspecified atom stereocenters. The molecule has 0 aliphatic rings. The van der Waals surface area contributed by atoms with Crippen LogP contribution in [0, 0.1) is 5.82 Å². The molecule has 0 saturated heterocycles. The van der Waals surface area contributed by atoms with Crippen LogP contribution in [0.15, 0.2) is 42.5 Å². The largest absolute Gasteiger partial charge is 0.497 e. The van der Waals surface area contributed by atoms with Crippen molar-refractivity contribution in [2.24, 2.45) is 5.73 Å². The van der Waals surface area contributed by atoms with E-state index in [1.54, 1.807) is 19.2 Å². The van der Waals surface area contributed by atoms with Gasteiger partial charge in [-0.25, -0.2) is 4.39 Å². The molecule has 0 fully saturated rings. The van der Waals surface area contributed by atoms with Crippen LogP contribution in [0.5, 0.6) is 11.5 Å². The molecular formula is C16H18FNO2. The molecule has 2 rings (SSSR count). The lowest BCUT2D eigenvalue weighted by molar-refractivity contribution is 0.223. The van der Waals surface area contributed by atoms with Gasteiger partial charge in [0, 0.05) is 12.1 Å². The van der Waals surface area contributed by atoms with Gasteiger partial charge in [0.25, 0.3) is 0 Å². The Balaban J connectivity index is 2.18. The van der Waals surface area contributed by atoms with Gasteiger partial charge < -0.3 is 15.2 Å². The van der Waals surface area contributed by atoms with Gasteiger partial charge in [-0.15, -0.1) is 0 Å². The van der Waals surface area contributed by atoms with E-state index in [0.717, 1.165) is 11.3 Å². The zero-order valence-corrected chi connectivity index (χ0v) is 11.6. The standard InChI is InChI=1S/C16H18FNO2/c1-11(12-6-8-13(19-2)9-7-12)20-16-5-3-4-15(17)14(16)10-18/h3-9,11H,10,18H2,1-2H3. The summed E-state index contributed by atoms with van der Waals surface area (Å²) < 4.78 is 24.6. The average Bonchev–Trinajstić information content (AvgIpc) is 2.47. The van der Waals surface area contributed by atoms with Crippen LogP contribution >= 0.6 is 0 Å². The van der Waals surface area contributed by atoms with Gasteiger partial charge in [0.2, 0.25) is 0 Å². The molecule has 0 heterocycles. The molecule has 0 amide bonds. The van der Waals surface area contributed by atoms with Gasteiger partial charge in [-0.2, -0.15) is 0 Å². The minimum Gasteiger partial charge on any atom is -0.497 e. The van der Waals surface area contributed by atoms with Gasteiger partial charge in [-0.1, -0.05) is 18.2 Å². The van der Waals surface area contributed by atoms with E-state index in [1.807, 2.05) is 31.2 Å². The van der Waals surface area contributed by atoms with Gasteiger partial charge in [0.1, 0.15) is 23.4 Å². The van der Waals surface area contributed by atoms with E-state index < -0.39 is 0 Å². The van der Waals surface area contributed by atoms with E-state index in [4.69, 9.17) is 15.2 Å². The van der Waals surface area contributed by atoms with Crippen LogP contribution in [0.4, 0.5) is 4.39 Å². The van der Waals surface area contributed by atoms with E-state index in [1.165, 1.54) is 6.07 Å². The molecular weight excluding hydrogens is 257 g/mol. The van der Waals surface area contributed by atoms with Crippen molar-refractivity contribution >= 4 is 0 Å². The molecule has 106 valence electrons. The van der Waals surface area contributed by atoms with E-state index >= 15 is 0 Å². The van der Waals surface area contributed by atoms with E-state index in [0.29, 0.717) is 11.3 Å². The third kappa shape index (κ3) is 3.08. The maximum Gasteiger partial charge on any atom is 0.131 e. The zero-order chi connectivity index (χ0) is 14.5. The summed E-state index contributed by atoms with van der Waals surface area (Å²) >= 11 is 0. The summed E-state index contributed by atoms with van der Waals surface area (Å²) in [7, 11) is 1.62. The topological polar surface area (TPSA) is 44.5 Å². The Morgan fingerprint density at radius 2 is 1.85 bits per heavy atom. The maximum atomic E-state index is 13.6. The van der Waals surface area contributed by atoms with Crippen molar-refractivity contribution < 1.29 is 13.9 Å². The van der Waals surface area contributed by atoms with Crippen molar-refractivity contribution in [3.05, 3.63) is 59.4 Å². The number of halogens is 1. The second-order valence-electron chi connectivity index (χ2n) is 4.45.